The number of carbonyl (C=O) groups is 2. The van der Waals surface area contributed by atoms with Crippen LogP contribution in [0.2, 0.25) is 0 Å². The van der Waals surface area contributed by atoms with E-state index < -0.39 is 23.6 Å². The lowest BCUT2D eigenvalue weighted by molar-refractivity contribution is -0.137. The summed E-state index contributed by atoms with van der Waals surface area (Å²) < 4.78 is 37.9. The van der Waals surface area contributed by atoms with Crippen molar-refractivity contribution in [3.8, 4) is 0 Å². The zero-order valence-corrected chi connectivity index (χ0v) is 11.9. The van der Waals surface area contributed by atoms with Crippen LogP contribution in [0, 0.1) is 0 Å². The van der Waals surface area contributed by atoms with Crippen LogP contribution in [0.5, 0.6) is 0 Å². The van der Waals surface area contributed by atoms with Crippen molar-refractivity contribution in [3.05, 3.63) is 70.8 Å². The minimum atomic E-state index is -4.43. The van der Waals surface area contributed by atoms with Gasteiger partial charge in [0, 0.05) is 17.7 Å². The minimum Gasteiger partial charge on any atom is -0.366 e. The van der Waals surface area contributed by atoms with Crippen LogP contribution in [0.1, 0.15) is 31.8 Å². The lowest BCUT2D eigenvalue weighted by Gasteiger charge is -2.10. The monoisotopic (exact) mass is 322 g/mol. The van der Waals surface area contributed by atoms with Crippen LogP contribution in [-0.4, -0.2) is 11.8 Å². The number of nitrogens with one attached hydrogen (secondary N) is 1. The average molecular weight is 322 g/mol. The summed E-state index contributed by atoms with van der Waals surface area (Å²) in [4.78, 5) is 23.1. The van der Waals surface area contributed by atoms with E-state index in [1.165, 1.54) is 36.4 Å². The number of hydrogen-bond donors (Lipinski definition) is 2. The highest BCUT2D eigenvalue weighted by molar-refractivity contribution is 5.99. The third-order valence-corrected chi connectivity index (χ3v) is 3.12. The van der Waals surface area contributed by atoms with Crippen molar-refractivity contribution in [2.75, 3.05) is 0 Å². The maximum absolute atomic E-state index is 12.6. The Kier molecular flexibility index (Phi) is 4.68. The molecule has 0 atom stereocenters. The molecule has 0 aliphatic carbocycles. The van der Waals surface area contributed by atoms with Gasteiger partial charge in [-0.15, -0.1) is 0 Å². The van der Waals surface area contributed by atoms with Gasteiger partial charge in [0.15, 0.2) is 0 Å². The molecule has 0 aliphatic heterocycles. The fourth-order valence-corrected chi connectivity index (χ4v) is 1.96. The zero-order valence-electron chi connectivity index (χ0n) is 11.9. The van der Waals surface area contributed by atoms with Crippen molar-refractivity contribution >= 4 is 11.8 Å². The largest absolute Gasteiger partial charge is 0.416 e. The lowest BCUT2D eigenvalue weighted by atomic mass is 10.1. The number of nitrogens with two attached hydrogens (primary N) is 1. The summed E-state index contributed by atoms with van der Waals surface area (Å²) in [7, 11) is 0. The van der Waals surface area contributed by atoms with Gasteiger partial charge in [0.2, 0.25) is 5.91 Å². The van der Waals surface area contributed by atoms with Crippen molar-refractivity contribution in [1.29, 1.82) is 0 Å². The molecule has 120 valence electrons. The minimum absolute atomic E-state index is 0.0659. The Hall–Kier alpha value is -2.83. The third kappa shape index (κ3) is 4.32. The molecule has 0 unspecified atom stereocenters. The van der Waals surface area contributed by atoms with E-state index in [9.17, 15) is 22.8 Å². The number of alkyl halides is 3. The smallest absolute Gasteiger partial charge is 0.366 e. The van der Waals surface area contributed by atoms with Gasteiger partial charge in [0.05, 0.1) is 5.56 Å². The van der Waals surface area contributed by atoms with Gasteiger partial charge in [-0.05, 0) is 35.9 Å². The van der Waals surface area contributed by atoms with Crippen LogP contribution < -0.4 is 11.1 Å². The normalized spacial score (nSPS) is 11.1. The van der Waals surface area contributed by atoms with Gasteiger partial charge in [-0.1, -0.05) is 18.2 Å². The third-order valence-electron chi connectivity index (χ3n) is 3.12. The standard InChI is InChI=1S/C16H13F3N2O2/c17-16(18,19)13-6-1-3-10(7-13)9-21-15(23)12-5-2-4-11(8-12)14(20)22/h1-8H,9H2,(H2,20,22)(H,21,23). The van der Waals surface area contributed by atoms with Crippen LogP contribution in [0.3, 0.4) is 0 Å². The summed E-state index contributed by atoms with van der Waals surface area (Å²) in [5, 5.41) is 2.50. The molecule has 0 aromatic heterocycles. The summed E-state index contributed by atoms with van der Waals surface area (Å²) in [5.74, 6) is -1.18. The van der Waals surface area contributed by atoms with Crippen molar-refractivity contribution in [3.63, 3.8) is 0 Å². The molecule has 23 heavy (non-hydrogen) atoms. The van der Waals surface area contributed by atoms with E-state index in [-0.39, 0.29) is 17.7 Å². The number of primary amides is 1. The topological polar surface area (TPSA) is 72.2 Å². The number of halogens is 3. The van der Waals surface area contributed by atoms with E-state index in [2.05, 4.69) is 5.32 Å². The molecule has 2 aromatic rings. The molecule has 7 heteroatoms. The van der Waals surface area contributed by atoms with Gasteiger partial charge in [0.1, 0.15) is 0 Å². The molecule has 3 N–H and O–H groups in total. The lowest BCUT2D eigenvalue weighted by Crippen LogP contribution is -2.23. The Labute approximate surface area is 130 Å². The first-order valence-electron chi connectivity index (χ1n) is 6.61. The van der Waals surface area contributed by atoms with E-state index in [1.54, 1.807) is 0 Å². The predicted molar refractivity (Wildman–Crippen MR) is 77.6 cm³/mol. The van der Waals surface area contributed by atoms with Crippen molar-refractivity contribution in [2.24, 2.45) is 5.73 Å². The van der Waals surface area contributed by atoms with E-state index in [1.807, 2.05) is 0 Å². The van der Waals surface area contributed by atoms with Crippen molar-refractivity contribution in [2.45, 2.75) is 12.7 Å². The maximum atomic E-state index is 12.6. The highest BCUT2D eigenvalue weighted by Gasteiger charge is 2.30. The van der Waals surface area contributed by atoms with Gasteiger partial charge in [-0.25, -0.2) is 0 Å². The maximum Gasteiger partial charge on any atom is 0.416 e. The second-order valence-corrected chi connectivity index (χ2v) is 4.83. The zero-order chi connectivity index (χ0) is 17.0. The van der Waals surface area contributed by atoms with E-state index in [0.29, 0.717) is 5.56 Å². The molecular weight excluding hydrogens is 309 g/mol. The number of hydrogen-bond acceptors (Lipinski definition) is 2. The van der Waals surface area contributed by atoms with Crippen molar-refractivity contribution in [1.82, 2.24) is 5.32 Å². The Morgan fingerprint density at radius 3 is 2.30 bits per heavy atom. The fraction of sp³-hybridized carbons (Fsp3) is 0.125. The number of amides is 2. The second kappa shape index (κ2) is 6.51. The Balaban J connectivity index is 2.08. The molecule has 0 spiro atoms. The highest BCUT2D eigenvalue weighted by atomic mass is 19.4. The van der Waals surface area contributed by atoms with Gasteiger partial charge in [0.25, 0.3) is 5.91 Å². The SMILES string of the molecule is NC(=O)c1cccc(C(=O)NCc2cccc(C(F)(F)F)c2)c1. The molecule has 0 aliphatic rings. The Morgan fingerprint density at radius 2 is 1.65 bits per heavy atom. The molecule has 0 saturated heterocycles. The summed E-state index contributed by atoms with van der Waals surface area (Å²) in [6.07, 6.45) is -4.43. The molecule has 0 radical (unpaired) electrons. The van der Waals surface area contributed by atoms with Crippen LogP contribution in [0.15, 0.2) is 48.5 Å². The number of rotatable bonds is 4. The van der Waals surface area contributed by atoms with Crippen LogP contribution in [-0.2, 0) is 12.7 Å². The predicted octanol–water partition coefficient (Wildman–Crippen LogP) is 2.73. The molecule has 2 aromatic carbocycles. The first-order chi connectivity index (χ1) is 10.8. The van der Waals surface area contributed by atoms with Gasteiger partial charge >= 0.3 is 6.18 Å². The van der Waals surface area contributed by atoms with Crippen LogP contribution in [0.4, 0.5) is 13.2 Å². The summed E-state index contributed by atoms with van der Waals surface area (Å²) in [5.41, 5.74) is 5.05. The molecule has 0 bridgehead atoms. The van der Waals surface area contributed by atoms with Gasteiger partial charge in [-0.2, -0.15) is 13.2 Å². The molecule has 0 saturated carbocycles. The molecule has 2 rings (SSSR count). The van der Waals surface area contributed by atoms with E-state index in [0.717, 1.165) is 12.1 Å². The molecule has 2 amide bonds. The van der Waals surface area contributed by atoms with Crippen LogP contribution in [0.25, 0.3) is 0 Å². The summed E-state index contributed by atoms with van der Waals surface area (Å²) >= 11 is 0. The quantitative estimate of drug-likeness (QED) is 0.908. The number of benzene rings is 2. The average Bonchev–Trinajstić information content (AvgIpc) is 2.52. The van der Waals surface area contributed by atoms with Crippen molar-refractivity contribution < 1.29 is 22.8 Å². The summed E-state index contributed by atoms with van der Waals surface area (Å²) in [6.45, 7) is -0.0659. The second-order valence-electron chi connectivity index (χ2n) is 4.83. The van der Waals surface area contributed by atoms with Crippen LogP contribution >= 0.6 is 0 Å². The highest BCUT2D eigenvalue weighted by Crippen LogP contribution is 2.29. The molecule has 4 nitrogen and oxygen atoms in total. The fourth-order valence-electron chi connectivity index (χ4n) is 1.96. The van der Waals surface area contributed by atoms with Gasteiger partial charge < -0.3 is 11.1 Å². The van der Waals surface area contributed by atoms with Gasteiger partial charge in [-0.3, -0.25) is 9.59 Å². The first kappa shape index (κ1) is 16.5. The molecule has 0 heterocycles. The summed E-state index contributed by atoms with van der Waals surface area (Å²) in [6, 6.07) is 10.5. The Bertz CT molecular complexity index is 742. The molecule has 0 fully saturated rings. The van der Waals surface area contributed by atoms with E-state index >= 15 is 0 Å². The Morgan fingerprint density at radius 1 is 1.00 bits per heavy atom. The van der Waals surface area contributed by atoms with E-state index in [4.69, 9.17) is 5.73 Å². The first-order valence-corrected chi connectivity index (χ1v) is 6.61. The molecular formula is C16H13F3N2O2. The number of carbonyl (C=O) groups excluding carboxylic acids is 2.